The number of methoxy groups -OCH3 is 1. The van der Waals surface area contributed by atoms with E-state index in [1.807, 2.05) is 39.0 Å². The molecule has 5 aliphatic heterocycles. The van der Waals surface area contributed by atoms with Crippen molar-refractivity contribution in [1.29, 1.82) is 0 Å². The summed E-state index contributed by atoms with van der Waals surface area (Å²) < 4.78 is 4.95. The Balaban J connectivity index is 1.61. The first kappa shape index (κ1) is 29.0. The molecule has 6 rings (SSSR count). The van der Waals surface area contributed by atoms with Gasteiger partial charge in [-0.3, -0.25) is 4.79 Å². The fourth-order valence-corrected chi connectivity index (χ4v) is 7.08. The molecule has 2 unspecified atom stereocenters. The van der Waals surface area contributed by atoms with Crippen molar-refractivity contribution in [1.82, 2.24) is 5.32 Å². The summed E-state index contributed by atoms with van der Waals surface area (Å²) in [6, 6.07) is 0. The lowest BCUT2D eigenvalue weighted by Crippen LogP contribution is -2.16. The quantitative estimate of drug-likeness (QED) is 0.338. The van der Waals surface area contributed by atoms with Crippen LogP contribution in [0.4, 0.5) is 0 Å². The molecule has 9 heteroatoms. The average molecular weight is 583 g/mol. The monoisotopic (exact) mass is 582 g/mol. The van der Waals surface area contributed by atoms with Crippen LogP contribution in [0, 0.1) is 11.8 Å². The lowest BCUT2D eigenvalue weighted by Gasteiger charge is -2.17. The number of nitrogens with zero attached hydrogens (tertiary/aromatic N) is 3. The number of ether oxygens (including phenoxy) is 1. The van der Waals surface area contributed by atoms with Crippen LogP contribution in [0.2, 0.25) is 0 Å². The molecule has 8 bridgehead atoms. The highest BCUT2D eigenvalue weighted by Gasteiger charge is 2.41. The number of aliphatic hydroxyl groups is 3. The zero-order valence-corrected chi connectivity index (χ0v) is 25.7. The van der Waals surface area contributed by atoms with Crippen LogP contribution in [0.25, 0.3) is 0 Å². The van der Waals surface area contributed by atoms with E-state index < -0.39 is 12.2 Å². The number of allylic oxidation sites excluding steroid dienone is 10. The maximum absolute atomic E-state index is 12.2. The predicted molar refractivity (Wildman–Crippen MR) is 166 cm³/mol. The lowest BCUT2D eigenvalue weighted by molar-refractivity contribution is -0.140. The Labute approximate surface area is 251 Å². The number of aliphatic imine (C=N–C) groups is 3. The van der Waals surface area contributed by atoms with Crippen LogP contribution in [0.3, 0.4) is 0 Å². The van der Waals surface area contributed by atoms with E-state index >= 15 is 0 Å². The van der Waals surface area contributed by atoms with Gasteiger partial charge in [-0.15, -0.1) is 0 Å². The van der Waals surface area contributed by atoms with Gasteiger partial charge >= 0.3 is 5.97 Å². The second-order valence-electron chi connectivity index (χ2n) is 12.1. The number of esters is 1. The molecule has 224 valence electrons. The third-order valence-electron chi connectivity index (χ3n) is 9.39. The van der Waals surface area contributed by atoms with Gasteiger partial charge in [0.15, 0.2) is 0 Å². The highest BCUT2D eigenvalue weighted by molar-refractivity contribution is 6.21. The smallest absolute Gasteiger partial charge is 0.305 e. The topological polar surface area (TPSA) is 136 Å². The molecule has 4 atom stereocenters. The van der Waals surface area contributed by atoms with E-state index in [0.29, 0.717) is 41.2 Å². The van der Waals surface area contributed by atoms with Gasteiger partial charge in [-0.2, -0.15) is 0 Å². The Morgan fingerprint density at radius 3 is 2.19 bits per heavy atom. The second-order valence-corrected chi connectivity index (χ2v) is 12.1. The number of fused-ring (bicyclic) bond motifs is 5. The highest BCUT2D eigenvalue weighted by atomic mass is 16.5. The van der Waals surface area contributed by atoms with Crippen molar-refractivity contribution in [2.24, 2.45) is 26.8 Å². The van der Waals surface area contributed by atoms with Crippen molar-refractivity contribution in [3.63, 3.8) is 0 Å². The van der Waals surface area contributed by atoms with Crippen molar-refractivity contribution in [3.8, 4) is 0 Å². The van der Waals surface area contributed by atoms with Crippen molar-refractivity contribution in [2.75, 3.05) is 7.11 Å². The molecule has 0 amide bonds. The Bertz CT molecular complexity index is 1720. The van der Waals surface area contributed by atoms with Gasteiger partial charge in [0.1, 0.15) is 5.76 Å². The van der Waals surface area contributed by atoms with E-state index in [9.17, 15) is 20.1 Å². The van der Waals surface area contributed by atoms with Gasteiger partial charge in [0.2, 0.25) is 0 Å². The summed E-state index contributed by atoms with van der Waals surface area (Å²) in [5.74, 6) is -0.0310. The number of hydrogen-bond donors (Lipinski definition) is 4. The van der Waals surface area contributed by atoms with Crippen LogP contribution >= 0.6 is 0 Å². The number of hydrogen-bond acceptors (Lipinski definition) is 9. The number of rotatable bonds is 5. The van der Waals surface area contributed by atoms with Crippen LogP contribution in [-0.4, -0.2) is 57.7 Å². The summed E-state index contributed by atoms with van der Waals surface area (Å²) in [5.41, 5.74) is 11.5. The van der Waals surface area contributed by atoms with Crippen molar-refractivity contribution < 1.29 is 24.9 Å². The maximum Gasteiger partial charge on any atom is 0.305 e. The molecule has 4 N–H and O–H groups in total. The first-order valence-electron chi connectivity index (χ1n) is 14.8. The lowest BCUT2D eigenvalue weighted by atomic mass is 9.86. The van der Waals surface area contributed by atoms with Gasteiger partial charge in [-0.05, 0) is 76.0 Å². The summed E-state index contributed by atoms with van der Waals surface area (Å²) in [6.07, 6.45) is 5.41. The molecule has 0 aromatic heterocycles. The Morgan fingerprint density at radius 2 is 1.58 bits per heavy atom. The Kier molecular flexibility index (Phi) is 7.13. The summed E-state index contributed by atoms with van der Waals surface area (Å²) >= 11 is 0. The molecule has 9 nitrogen and oxygen atoms in total. The van der Waals surface area contributed by atoms with Crippen LogP contribution in [-0.2, 0) is 9.53 Å². The number of carbonyl (C=O) groups excluding carboxylic acids is 1. The molecule has 0 aromatic carbocycles. The first-order valence-corrected chi connectivity index (χ1v) is 14.8. The third-order valence-corrected chi connectivity index (χ3v) is 9.39. The standard InChI is InChI=1S/C34H38N4O5/c1-14-20(8-9-29(42)43-7)33-21-10-28(41)32-17(4)25(38-34(21)32)13-27-31(19(6)40)16(3)24(36-27)12-26-30(18(5)39)15(2)23(35-26)11-22(14)37-33/h11-14,18-20,37,39-41H,8-10H2,1-7H3/t14-,18?,19?,20-/m0/s1. The van der Waals surface area contributed by atoms with Gasteiger partial charge in [-0.25, -0.2) is 15.0 Å². The first-order chi connectivity index (χ1) is 20.4. The van der Waals surface area contributed by atoms with E-state index in [0.717, 1.165) is 56.3 Å². The molecule has 1 fully saturated rings. The van der Waals surface area contributed by atoms with Crippen molar-refractivity contribution in [3.05, 3.63) is 91.5 Å². The van der Waals surface area contributed by atoms with Crippen LogP contribution in [0.5, 0.6) is 0 Å². The van der Waals surface area contributed by atoms with Crippen LogP contribution < -0.4 is 5.32 Å². The van der Waals surface area contributed by atoms with Gasteiger partial charge in [0.05, 0.1) is 53.5 Å². The summed E-state index contributed by atoms with van der Waals surface area (Å²) in [4.78, 5) is 27.1. The summed E-state index contributed by atoms with van der Waals surface area (Å²) in [7, 11) is 1.40. The molecule has 0 aromatic rings. The minimum Gasteiger partial charge on any atom is -0.511 e. The molecule has 0 saturated carbocycles. The molecule has 1 saturated heterocycles. The summed E-state index contributed by atoms with van der Waals surface area (Å²) in [5, 5.41) is 36.4. The molecular formula is C34H38N4O5. The van der Waals surface area contributed by atoms with E-state index in [2.05, 4.69) is 12.2 Å². The molecule has 6 aliphatic rings. The Morgan fingerprint density at radius 1 is 0.977 bits per heavy atom. The molecule has 0 radical (unpaired) electrons. The van der Waals surface area contributed by atoms with E-state index in [4.69, 9.17) is 19.7 Å². The molecular weight excluding hydrogens is 544 g/mol. The third kappa shape index (κ3) is 4.62. The van der Waals surface area contributed by atoms with Crippen molar-refractivity contribution in [2.45, 2.75) is 73.0 Å². The second kappa shape index (κ2) is 10.6. The van der Waals surface area contributed by atoms with Crippen LogP contribution in [0.15, 0.2) is 106 Å². The van der Waals surface area contributed by atoms with Crippen LogP contribution in [0.1, 0.15) is 60.8 Å². The van der Waals surface area contributed by atoms with E-state index in [1.165, 1.54) is 7.11 Å². The maximum atomic E-state index is 12.2. The van der Waals surface area contributed by atoms with Gasteiger partial charge in [-0.1, -0.05) is 6.92 Å². The highest BCUT2D eigenvalue weighted by Crippen LogP contribution is 2.46. The zero-order valence-electron chi connectivity index (χ0n) is 25.7. The van der Waals surface area contributed by atoms with Gasteiger partial charge in [0.25, 0.3) is 0 Å². The molecule has 43 heavy (non-hydrogen) atoms. The normalized spacial score (nSPS) is 26.0. The zero-order chi connectivity index (χ0) is 30.9. The molecule has 0 spiro atoms. The Hall–Kier alpha value is -4.08. The largest absolute Gasteiger partial charge is 0.511 e. The average Bonchev–Trinajstić information content (AvgIpc) is 3.69. The SMILES string of the molecule is COC(=O)CC[C@@H]1C2=C3CC(O)=C4C3=NC(=C4C)C=C3N=C(C=C4N=C(C=C(N2)[C@H]1C)C(C)=C4C(C)O)C(C)=C3C(C)O. The van der Waals surface area contributed by atoms with Crippen molar-refractivity contribution >= 4 is 23.1 Å². The van der Waals surface area contributed by atoms with Gasteiger partial charge in [0, 0.05) is 58.4 Å². The number of aliphatic hydroxyl groups excluding tert-OH is 3. The predicted octanol–water partition coefficient (Wildman–Crippen LogP) is 4.96. The number of carbonyl (C=O) groups is 1. The van der Waals surface area contributed by atoms with Gasteiger partial charge < -0.3 is 25.4 Å². The summed E-state index contributed by atoms with van der Waals surface area (Å²) in [6.45, 7) is 11.4. The van der Waals surface area contributed by atoms with E-state index in [-0.39, 0.29) is 30.0 Å². The number of nitrogens with one attached hydrogen (secondary N) is 1. The fraction of sp³-hybridized carbons (Fsp3) is 0.412. The minimum atomic E-state index is -0.773. The molecule has 5 heterocycles. The minimum absolute atomic E-state index is 0.0179. The fourth-order valence-electron chi connectivity index (χ4n) is 7.08. The van der Waals surface area contributed by atoms with E-state index in [1.54, 1.807) is 13.8 Å². The molecule has 1 aliphatic carbocycles.